The molecule has 0 bridgehead atoms. The van der Waals surface area contributed by atoms with E-state index in [1.165, 1.54) is 24.8 Å². The van der Waals surface area contributed by atoms with Crippen LogP contribution in [-0.4, -0.2) is 27.3 Å². The molecule has 0 fully saturated rings. The third-order valence-electron chi connectivity index (χ3n) is 5.07. The fraction of sp³-hybridized carbons (Fsp3) is 0.136. The first kappa shape index (κ1) is 18.6. The normalized spacial score (nSPS) is 18.3. The fourth-order valence-electron chi connectivity index (χ4n) is 3.58. The van der Waals surface area contributed by atoms with E-state index in [9.17, 15) is 8.78 Å². The molecule has 0 saturated heterocycles. The average Bonchev–Trinajstić information content (AvgIpc) is 3.51. The molecule has 8 heteroatoms. The van der Waals surface area contributed by atoms with Gasteiger partial charge in [-0.3, -0.25) is 4.68 Å². The third kappa shape index (κ3) is 3.39. The van der Waals surface area contributed by atoms with Crippen molar-refractivity contribution in [3.63, 3.8) is 0 Å². The second kappa shape index (κ2) is 7.46. The lowest BCUT2D eigenvalue weighted by atomic mass is 9.91. The number of aromatic nitrogens is 3. The van der Waals surface area contributed by atoms with Crippen molar-refractivity contribution < 1.29 is 13.5 Å². The summed E-state index contributed by atoms with van der Waals surface area (Å²) in [7, 11) is 0. The van der Waals surface area contributed by atoms with E-state index in [-0.39, 0.29) is 18.7 Å². The topological polar surface area (TPSA) is 52.3 Å². The maximum Gasteiger partial charge on any atom is 0.217 e. The molecular weight excluding hydrogens is 406 g/mol. The molecule has 150 valence electrons. The first-order chi connectivity index (χ1) is 14.6. The zero-order valence-corrected chi connectivity index (χ0v) is 16.5. The van der Waals surface area contributed by atoms with Crippen LogP contribution < -0.4 is 0 Å². The van der Waals surface area contributed by atoms with Gasteiger partial charge in [-0.1, -0.05) is 18.2 Å². The van der Waals surface area contributed by atoms with Crippen molar-refractivity contribution >= 4 is 17.2 Å². The highest BCUT2D eigenvalue weighted by atomic mass is 32.1. The van der Waals surface area contributed by atoms with E-state index in [2.05, 4.69) is 21.5 Å². The van der Waals surface area contributed by atoms with Gasteiger partial charge in [-0.05, 0) is 46.2 Å². The summed E-state index contributed by atoms with van der Waals surface area (Å²) in [6.07, 6.45) is 2.94. The lowest BCUT2D eigenvalue weighted by molar-refractivity contribution is 0.225. The van der Waals surface area contributed by atoms with Gasteiger partial charge in [0.05, 0.1) is 6.54 Å². The van der Waals surface area contributed by atoms with Gasteiger partial charge >= 0.3 is 0 Å². The fourth-order valence-corrected chi connectivity index (χ4v) is 4.25. The Balaban J connectivity index is 1.53. The van der Waals surface area contributed by atoms with Crippen LogP contribution in [0.3, 0.4) is 0 Å². The van der Waals surface area contributed by atoms with Crippen molar-refractivity contribution in [1.82, 2.24) is 14.8 Å². The second-order valence-corrected chi connectivity index (χ2v) is 7.82. The predicted molar refractivity (Wildman–Crippen MR) is 110 cm³/mol. The maximum atomic E-state index is 14.7. The highest BCUT2D eigenvalue weighted by Gasteiger charge is 2.42. The van der Waals surface area contributed by atoms with Gasteiger partial charge in [-0.25, -0.2) is 18.8 Å². The number of benzene rings is 2. The number of hydrogen-bond acceptors (Lipinski definition) is 5. The van der Waals surface area contributed by atoms with E-state index in [0.29, 0.717) is 5.90 Å². The number of hydrogen-bond donors (Lipinski definition) is 0. The van der Waals surface area contributed by atoms with Gasteiger partial charge in [0.2, 0.25) is 5.90 Å². The Morgan fingerprint density at radius 1 is 1.03 bits per heavy atom. The molecule has 0 aliphatic carbocycles. The van der Waals surface area contributed by atoms with E-state index < -0.39 is 17.2 Å². The quantitative estimate of drug-likeness (QED) is 0.470. The number of aliphatic imine (C=N–C) groups is 1. The Morgan fingerprint density at radius 2 is 1.87 bits per heavy atom. The standard InChI is InChI=1S/C22H16F2N4OS/c23-18-5-6-19(20(24)9-18)22(11-28-14-25-13-26-28)12-29-21(27-22)16-3-1-15(2-4-16)17-7-8-30-10-17/h1-10,13-14H,11-12H2. The highest BCUT2D eigenvalue weighted by Crippen LogP contribution is 2.36. The Hall–Kier alpha value is -3.39. The first-order valence-corrected chi connectivity index (χ1v) is 10.2. The minimum absolute atomic E-state index is 0.108. The zero-order chi connectivity index (χ0) is 20.6. The Labute approximate surface area is 175 Å². The van der Waals surface area contributed by atoms with Crippen LogP contribution in [0.25, 0.3) is 11.1 Å². The van der Waals surface area contributed by atoms with Gasteiger partial charge in [0, 0.05) is 17.2 Å². The second-order valence-electron chi connectivity index (χ2n) is 7.04. The van der Waals surface area contributed by atoms with Gasteiger partial charge in [0.15, 0.2) is 0 Å². The summed E-state index contributed by atoms with van der Waals surface area (Å²) in [4.78, 5) is 8.71. The molecule has 0 spiro atoms. The molecule has 1 unspecified atom stereocenters. The monoisotopic (exact) mass is 422 g/mol. The van der Waals surface area contributed by atoms with Crippen LogP contribution in [0.1, 0.15) is 11.1 Å². The van der Waals surface area contributed by atoms with Crippen molar-refractivity contribution in [2.24, 2.45) is 4.99 Å². The Bertz CT molecular complexity index is 1190. The lowest BCUT2D eigenvalue weighted by Crippen LogP contribution is -2.32. The summed E-state index contributed by atoms with van der Waals surface area (Å²) in [6, 6.07) is 13.4. The summed E-state index contributed by atoms with van der Waals surface area (Å²) >= 11 is 1.64. The molecule has 0 amide bonds. The Morgan fingerprint density at radius 3 is 2.57 bits per heavy atom. The largest absolute Gasteiger partial charge is 0.474 e. The molecule has 5 nitrogen and oxygen atoms in total. The van der Waals surface area contributed by atoms with Gasteiger partial charge in [-0.15, -0.1) is 0 Å². The molecule has 4 aromatic rings. The molecule has 1 aliphatic heterocycles. The summed E-state index contributed by atoms with van der Waals surface area (Å²) in [5, 5.41) is 8.23. The average molecular weight is 422 g/mol. The number of nitrogens with zero attached hydrogens (tertiary/aromatic N) is 4. The van der Waals surface area contributed by atoms with Crippen molar-refractivity contribution in [2.45, 2.75) is 12.1 Å². The van der Waals surface area contributed by atoms with Crippen molar-refractivity contribution in [2.75, 3.05) is 6.61 Å². The molecule has 1 aliphatic rings. The van der Waals surface area contributed by atoms with E-state index >= 15 is 0 Å². The maximum absolute atomic E-state index is 14.7. The summed E-state index contributed by atoms with van der Waals surface area (Å²) in [5.41, 5.74) is 2.21. The van der Waals surface area contributed by atoms with Crippen LogP contribution in [0, 0.1) is 11.6 Å². The van der Waals surface area contributed by atoms with Crippen LogP contribution in [0.15, 0.2) is 76.9 Å². The molecule has 0 saturated carbocycles. The van der Waals surface area contributed by atoms with Crippen LogP contribution >= 0.6 is 11.3 Å². The van der Waals surface area contributed by atoms with E-state index in [1.807, 2.05) is 29.6 Å². The molecule has 0 N–H and O–H groups in total. The van der Waals surface area contributed by atoms with Gasteiger partial charge in [0.25, 0.3) is 0 Å². The van der Waals surface area contributed by atoms with Crippen LogP contribution in [0.5, 0.6) is 0 Å². The predicted octanol–water partition coefficient (Wildman–Crippen LogP) is 4.66. The lowest BCUT2D eigenvalue weighted by Gasteiger charge is -2.24. The van der Waals surface area contributed by atoms with Gasteiger partial charge in [0.1, 0.15) is 36.4 Å². The molecule has 0 radical (unpaired) electrons. The summed E-state index contributed by atoms with van der Waals surface area (Å²) in [6.45, 7) is 0.322. The minimum atomic E-state index is -1.08. The Kier molecular flexibility index (Phi) is 4.63. The molecule has 30 heavy (non-hydrogen) atoms. The molecule has 2 aromatic carbocycles. The van der Waals surface area contributed by atoms with Crippen LogP contribution in [0.4, 0.5) is 8.78 Å². The number of halogens is 2. The van der Waals surface area contributed by atoms with Crippen LogP contribution in [-0.2, 0) is 16.8 Å². The number of thiophene rings is 1. The van der Waals surface area contributed by atoms with E-state index in [4.69, 9.17) is 9.73 Å². The molecule has 2 aromatic heterocycles. The molecular formula is C22H16F2N4OS. The minimum Gasteiger partial charge on any atom is -0.474 e. The van der Waals surface area contributed by atoms with Crippen LogP contribution in [0.2, 0.25) is 0 Å². The first-order valence-electron chi connectivity index (χ1n) is 9.27. The van der Waals surface area contributed by atoms with E-state index in [1.54, 1.807) is 16.0 Å². The SMILES string of the molecule is Fc1ccc(C2(Cn3cncn3)COC(c3ccc(-c4ccsc4)cc3)=N2)c(F)c1. The molecule has 5 rings (SSSR count). The zero-order valence-electron chi connectivity index (χ0n) is 15.7. The number of rotatable bonds is 5. The summed E-state index contributed by atoms with van der Waals surface area (Å²) in [5.74, 6) is -0.897. The molecule has 3 heterocycles. The van der Waals surface area contributed by atoms with Gasteiger partial charge in [-0.2, -0.15) is 16.4 Å². The third-order valence-corrected chi connectivity index (χ3v) is 5.76. The van der Waals surface area contributed by atoms with Crippen molar-refractivity contribution in [3.8, 4) is 11.1 Å². The molecule has 1 atom stereocenters. The van der Waals surface area contributed by atoms with Crippen molar-refractivity contribution in [1.29, 1.82) is 0 Å². The number of ether oxygens (including phenoxy) is 1. The highest BCUT2D eigenvalue weighted by molar-refractivity contribution is 7.08. The summed E-state index contributed by atoms with van der Waals surface area (Å²) < 4.78 is 35.7. The van der Waals surface area contributed by atoms with Crippen molar-refractivity contribution in [3.05, 3.63) is 94.7 Å². The van der Waals surface area contributed by atoms with E-state index in [0.717, 1.165) is 22.8 Å². The van der Waals surface area contributed by atoms with Gasteiger partial charge < -0.3 is 4.74 Å². The smallest absolute Gasteiger partial charge is 0.217 e.